The van der Waals surface area contributed by atoms with Crippen molar-refractivity contribution in [3.05, 3.63) is 15.6 Å². The second kappa shape index (κ2) is 5.44. The monoisotopic (exact) mass is 213 g/mol. The van der Waals surface area contributed by atoms with Gasteiger partial charge in [0.2, 0.25) is 0 Å². The first-order valence-corrected chi connectivity index (χ1v) is 5.76. The van der Waals surface area contributed by atoms with Crippen LogP contribution in [0.3, 0.4) is 0 Å². The van der Waals surface area contributed by atoms with Gasteiger partial charge in [0.1, 0.15) is 0 Å². The molecule has 3 nitrogen and oxygen atoms in total. The number of rotatable bonds is 5. The Morgan fingerprint density at radius 1 is 1.43 bits per heavy atom. The fourth-order valence-electron chi connectivity index (χ4n) is 1.38. The van der Waals surface area contributed by atoms with Crippen LogP contribution in [0, 0.1) is 13.8 Å². The zero-order valence-corrected chi connectivity index (χ0v) is 10.2. The molecule has 4 heteroatoms. The first-order valence-electron chi connectivity index (χ1n) is 4.94. The summed E-state index contributed by atoms with van der Waals surface area (Å²) in [7, 11) is 1.97. The molecule has 2 N–H and O–H groups in total. The zero-order valence-electron chi connectivity index (χ0n) is 9.35. The van der Waals surface area contributed by atoms with E-state index in [0.717, 1.165) is 23.8 Å². The Morgan fingerprint density at radius 3 is 2.64 bits per heavy atom. The minimum atomic E-state index is 0.502. The summed E-state index contributed by atoms with van der Waals surface area (Å²) < 4.78 is 0. The highest BCUT2D eigenvalue weighted by Gasteiger charge is 2.05. The number of nitrogens with one attached hydrogen (secondary N) is 2. The first-order chi connectivity index (χ1) is 6.63. The van der Waals surface area contributed by atoms with E-state index in [9.17, 15) is 0 Å². The van der Waals surface area contributed by atoms with E-state index in [4.69, 9.17) is 0 Å². The van der Waals surface area contributed by atoms with Crippen LogP contribution in [-0.4, -0.2) is 24.6 Å². The summed E-state index contributed by atoms with van der Waals surface area (Å²) >= 11 is 1.78. The van der Waals surface area contributed by atoms with E-state index < -0.39 is 0 Å². The van der Waals surface area contributed by atoms with Crippen LogP contribution in [0.1, 0.15) is 22.5 Å². The number of aromatic nitrogens is 1. The van der Waals surface area contributed by atoms with Crippen molar-refractivity contribution in [1.29, 1.82) is 0 Å². The van der Waals surface area contributed by atoms with Gasteiger partial charge in [-0.25, -0.2) is 4.98 Å². The maximum atomic E-state index is 4.40. The number of thiazole rings is 1. The maximum absolute atomic E-state index is 4.40. The van der Waals surface area contributed by atoms with E-state index in [1.165, 1.54) is 4.88 Å². The smallest absolute Gasteiger partial charge is 0.0900 e. The van der Waals surface area contributed by atoms with Gasteiger partial charge >= 0.3 is 0 Å². The van der Waals surface area contributed by atoms with Gasteiger partial charge in [0.05, 0.1) is 10.7 Å². The maximum Gasteiger partial charge on any atom is 0.0900 e. The third-order valence-electron chi connectivity index (χ3n) is 2.12. The van der Waals surface area contributed by atoms with Crippen LogP contribution in [-0.2, 0) is 6.54 Å². The SMILES string of the molecule is CNCC(C)NCc1sc(C)nc1C. The summed E-state index contributed by atoms with van der Waals surface area (Å²) in [5, 5.41) is 7.76. The fraction of sp³-hybridized carbons (Fsp3) is 0.700. The van der Waals surface area contributed by atoms with Crippen molar-refractivity contribution >= 4 is 11.3 Å². The molecule has 0 bridgehead atoms. The van der Waals surface area contributed by atoms with Gasteiger partial charge in [-0.05, 0) is 27.8 Å². The van der Waals surface area contributed by atoms with Crippen molar-refractivity contribution in [3.8, 4) is 0 Å². The second-order valence-electron chi connectivity index (χ2n) is 3.58. The predicted molar refractivity (Wildman–Crippen MR) is 61.8 cm³/mol. The normalized spacial score (nSPS) is 13.1. The van der Waals surface area contributed by atoms with Crippen molar-refractivity contribution in [1.82, 2.24) is 15.6 Å². The predicted octanol–water partition coefficient (Wildman–Crippen LogP) is 1.46. The Morgan fingerprint density at radius 2 is 2.14 bits per heavy atom. The van der Waals surface area contributed by atoms with Gasteiger partial charge < -0.3 is 10.6 Å². The number of aryl methyl sites for hydroxylation is 2. The molecule has 1 aromatic heterocycles. The van der Waals surface area contributed by atoms with E-state index in [1.54, 1.807) is 11.3 Å². The molecule has 0 radical (unpaired) electrons. The molecule has 1 heterocycles. The molecule has 1 atom stereocenters. The van der Waals surface area contributed by atoms with E-state index in [0.29, 0.717) is 6.04 Å². The van der Waals surface area contributed by atoms with Crippen LogP contribution in [0.15, 0.2) is 0 Å². The molecule has 0 amide bonds. The molecule has 0 aliphatic heterocycles. The van der Waals surface area contributed by atoms with E-state index in [2.05, 4.69) is 36.4 Å². The lowest BCUT2D eigenvalue weighted by Gasteiger charge is -2.12. The van der Waals surface area contributed by atoms with Gasteiger partial charge in [-0.2, -0.15) is 0 Å². The Hall–Kier alpha value is -0.450. The Labute approximate surface area is 89.9 Å². The number of nitrogens with zero attached hydrogens (tertiary/aromatic N) is 1. The second-order valence-corrected chi connectivity index (χ2v) is 4.87. The molecule has 0 aromatic carbocycles. The summed E-state index contributed by atoms with van der Waals surface area (Å²) in [6.45, 7) is 8.23. The lowest BCUT2D eigenvalue weighted by Crippen LogP contribution is -2.34. The lowest BCUT2D eigenvalue weighted by molar-refractivity contribution is 0.525. The minimum absolute atomic E-state index is 0.502. The topological polar surface area (TPSA) is 37.0 Å². The molecule has 1 aromatic rings. The molecule has 0 saturated heterocycles. The molecule has 14 heavy (non-hydrogen) atoms. The number of hydrogen-bond donors (Lipinski definition) is 2. The largest absolute Gasteiger partial charge is 0.318 e. The summed E-state index contributed by atoms with van der Waals surface area (Å²) in [5.74, 6) is 0. The highest BCUT2D eigenvalue weighted by atomic mass is 32.1. The van der Waals surface area contributed by atoms with Crippen molar-refractivity contribution in [3.63, 3.8) is 0 Å². The van der Waals surface area contributed by atoms with Gasteiger partial charge in [0.15, 0.2) is 0 Å². The van der Waals surface area contributed by atoms with Gasteiger partial charge in [-0.3, -0.25) is 0 Å². The molecule has 0 aliphatic rings. The summed E-state index contributed by atoms with van der Waals surface area (Å²) in [6.07, 6.45) is 0. The van der Waals surface area contributed by atoms with Crippen LogP contribution >= 0.6 is 11.3 Å². The van der Waals surface area contributed by atoms with Crippen LogP contribution in [0.2, 0.25) is 0 Å². The molecule has 0 spiro atoms. The fourth-order valence-corrected chi connectivity index (χ4v) is 2.27. The Balaban J connectivity index is 2.41. The van der Waals surface area contributed by atoms with Crippen LogP contribution < -0.4 is 10.6 Å². The highest BCUT2D eigenvalue weighted by Crippen LogP contribution is 2.16. The quantitative estimate of drug-likeness (QED) is 0.777. The van der Waals surface area contributed by atoms with E-state index in [-0.39, 0.29) is 0 Å². The Bertz CT molecular complexity index is 283. The average molecular weight is 213 g/mol. The van der Waals surface area contributed by atoms with Gasteiger partial charge in [-0.1, -0.05) is 0 Å². The van der Waals surface area contributed by atoms with Crippen molar-refractivity contribution in [2.75, 3.05) is 13.6 Å². The molecule has 0 saturated carbocycles. The average Bonchev–Trinajstić information content (AvgIpc) is 2.42. The van der Waals surface area contributed by atoms with Crippen LogP contribution in [0.5, 0.6) is 0 Å². The first kappa shape index (κ1) is 11.6. The summed E-state index contributed by atoms with van der Waals surface area (Å²) in [5.41, 5.74) is 1.16. The molecular formula is C10H19N3S. The molecule has 0 fully saturated rings. The molecule has 1 rings (SSSR count). The van der Waals surface area contributed by atoms with Gasteiger partial charge in [0, 0.05) is 24.0 Å². The highest BCUT2D eigenvalue weighted by molar-refractivity contribution is 7.11. The third-order valence-corrected chi connectivity index (χ3v) is 3.19. The number of hydrogen-bond acceptors (Lipinski definition) is 4. The minimum Gasteiger partial charge on any atom is -0.318 e. The van der Waals surface area contributed by atoms with Crippen molar-refractivity contribution in [2.24, 2.45) is 0 Å². The standard InChI is InChI=1S/C10H19N3S/c1-7(5-11-4)12-6-10-8(2)13-9(3)14-10/h7,11-12H,5-6H2,1-4H3. The van der Waals surface area contributed by atoms with Gasteiger partial charge in [-0.15, -0.1) is 11.3 Å². The van der Waals surface area contributed by atoms with Crippen LogP contribution in [0.25, 0.3) is 0 Å². The lowest BCUT2D eigenvalue weighted by atomic mass is 10.3. The van der Waals surface area contributed by atoms with Crippen molar-refractivity contribution < 1.29 is 0 Å². The van der Waals surface area contributed by atoms with Crippen LogP contribution in [0.4, 0.5) is 0 Å². The molecule has 80 valence electrons. The number of likely N-dealkylation sites (N-methyl/N-ethyl adjacent to an activating group) is 1. The molecular weight excluding hydrogens is 194 g/mol. The van der Waals surface area contributed by atoms with Crippen molar-refractivity contribution in [2.45, 2.75) is 33.4 Å². The third kappa shape index (κ3) is 3.36. The zero-order chi connectivity index (χ0) is 10.6. The molecule has 0 aliphatic carbocycles. The molecule has 1 unspecified atom stereocenters. The summed E-state index contributed by atoms with van der Waals surface area (Å²) in [6, 6.07) is 0.502. The van der Waals surface area contributed by atoms with E-state index in [1.807, 2.05) is 7.05 Å². The summed E-state index contributed by atoms with van der Waals surface area (Å²) in [4.78, 5) is 5.75. The van der Waals surface area contributed by atoms with E-state index >= 15 is 0 Å². The Kier molecular flexibility index (Phi) is 4.51. The van der Waals surface area contributed by atoms with Gasteiger partial charge in [0.25, 0.3) is 0 Å².